The second-order valence-corrected chi connectivity index (χ2v) is 13.0. The minimum absolute atomic E-state index is 0.0661. The number of fused-ring (bicyclic) bond motifs is 1. The number of rotatable bonds is 4. The first-order valence-corrected chi connectivity index (χ1v) is 15.8. The molecule has 0 bridgehead atoms. The summed E-state index contributed by atoms with van der Waals surface area (Å²) in [6.45, 7) is 6.43. The quantitative estimate of drug-likeness (QED) is 0.388. The molecular formula is C36H41N5O3. The number of likely N-dealkylation sites (tertiary alicyclic amines) is 1. The highest BCUT2D eigenvalue weighted by Crippen LogP contribution is 2.48. The number of carbonyl (C=O) groups is 2. The van der Waals surface area contributed by atoms with E-state index in [1.54, 1.807) is 12.3 Å². The Morgan fingerprint density at radius 1 is 0.909 bits per heavy atom. The van der Waals surface area contributed by atoms with Gasteiger partial charge in [-0.15, -0.1) is 0 Å². The number of pyridine rings is 1. The lowest BCUT2D eigenvalue weighted by Gasteiger charge is -2.43. The lowest BCUT2D eigenvalue weighted by atomic mass is 9.75. The third-order valence-electron chi connectivity index (χ3n) is 9.76. The first-order valence-electron chi connectivity index (χ1n) is 15.8. The van der Waals surface area contributed by atoms with Crippen LogP contribution in [-0.4, -0.2) is 65.9 Å². The maximum Gasteiger partial charge on any atom is 0.257 e. The van der Waals surface area contributed by atoms with Crippen LogP contribution < -0.4 is 9.64 Å². The molecular weight excluding hydrogens is 550 g/mol. The van der Waals surface area contributed by atoms with Crippen LogP contribution in [0.15, 0.2) is 72.9 Å². The van der Waals surface area contributed by atoms with Crippen LogP contribution in [0, 0.1) is 22.2 Å². The lowest BCUT2D eigenvalue weighted by Crippen LogP contribution is -2.47. The van der Waals surface area contributed by atoms with Crippen molar-refractivity contribution in [3.8, 4) is 11.8 Å². The number of anilines is 1. The molecule has 2 aliphatic heterocycles. The maximum atomic E-state index is 14.2. The summed E-state index contributed by atoms with van der Waals surface area (Å²) in [7, 11) is 0. The van der Waals surface area contributed by atoms with Crippen molar-refractivity contribution in [1.82, 2.24) is 14.8 Å². The molecule has 1 spiro atoms. The SMILES string of the molecule is CC1(C(=O)N2CCC3(CCCN(c4ccc(C#N)cn4)CCN(Cc4ccccc4)C(=O)c4ccccc4OC3)CC2)CC1. The molecule has 0 N–H and O–H groups in total. The Hall–Kier alpha value is -4.38. The average Bonchev–Trinajstić information content (AvgIpc) is 3.83. The third kappa shape index (κ3) is 6.57. The third-order valence-corrected chi connectivity index (χ3v) is 9.76. The van der Waals surface area contributed by atoms with E-state index in [9.17, 15) is 14.9 Å². The molecule has 44 heavy (non-hydrogen) atoms. The summed E-state index contributed by atoms with van der Waals surface area (Å²) in [5.41, 5.74) is 1.89. The van der Waals surface area contributed by atoms with Gasteiger partial charge in [-0.3, -0.25) is 9.59 Å². The van der Waals surface area contributed by atoms with Crippen LogP contribution in [-0.2, 0) is 11.3 Å². The van der Waals surface area contributed by atoms with E-state index >= 15 is 0 Å². The van der Waals surface area contributed by atoms with Gasteiger partial charge in [-0.1, -0.05) is 49.4 Å². The van der Waals surface area contributed by atoms with E-state index in [0.29, 0.717) is 49.0 Å². The maximum absolute atomic E-state index is 14.2. The smallest absolute Gasteiger partial charge is 0.257 e. The number of nitriles is 1. The standard InChI is InChI=1S/C36H41N5O3/c1-35(15-16-35)34(43)40-20-17-36(18-21-40)14-7-19-39(32-13-12-29(24-37)25-38-32)22-23-41(26-28-8-3-2-4-9-28)33(42)30-10-5-6-11-31(30)44-27-36/h2-6,8-13,25H,7,14-23,26-27H2,1H3. The van der Waals surface area contributed by atoms with E-state index in [2.05, 4.69) is 27.8 Å². The van der Waals surface area contributed by atoms with Crippen molar-refractivity contribution in [3.05, 3.63) is 89.6 Å². The predicted molar refractivity (Wildman–Crippen MR) is 169 cm³/mol. The molecule has 1 saturated carbocycles. The fourth-order valence-electron chi connectivity index (χ4n) is 6.53. The molecule has 1 saturated heterocycles. The zero-order valence-corrected chi connectivity index (χ0v) is 25.6. The van der Waals surface area contributed by atoms with Crippen LogP contribution in [0.5, 0.6) is 5.75 Å². The van der Waals surface area contributed by atoms with Crippen molar-refractivity contribution < 1.29 is 14.3 Å². The highest BCUT2D eigenvalue weighted by Gasteiger charge is 2.48. The number of para-hydroxylation sites is 1. The van der Waals surface area contributed by atoms with Crippen LogP contribution >= 0.6 is 0 Å². The van der Waals surface area contributed by atoms with Crippen molar-refractivity contribution in [2.45, 2.75) is 52.0 Å². The number of hydrogen-bond donors (Lipinski definition) is 0. The van der Waals surface area contributed by atoms with Crippen molar-refractivity contribution in [2.24, 2.45) is 10.8 Å². The van der Waals surface area contributed by atoms with Crippen LogP contribution in [0.3, 0.4) is 0 Å². The predicted octanol–water partition coefficient (Wildman–Crippen LogP) is 5.68. The van der Waals surface area contributed by atoms with Gasteiger partial charge in [-0.05, 0) is 68.4 Å². The van der Waals surface area contributed by atoms with E-state index in [4.69, 9.17) is 4.74 Å². The minimum Gasteiger partial charge on any atom is -0.492 e. The van der Waals surface area contributed by atoms with E-state index in [-0.39, 0.29) is 16.7 Å². The second kappa shape index (κ2) is 12.7. The highest BCUT2D eigenvalue weighted by atomic mass is 16.5. The Labute approximate surface area is 260 Å². The van der Waals surface area contributed by atoms with E-state index in [0.717, 1.165) is 69.5 Å². The number of amides is 2. The van der Waals surface area contributed by atoms with Gasteiger partial charge in [0.15, 0.2) is 0 Å². The average molecular weight is 592 g/mol. The van der Waals surface area contributed by atoms with Gasteiger partial charge in [0.2, 0.25) is 5.91 Å². The molecule has 1 aliphatic carbocycles. The Bertz CT molecular complexity index is 1500. The molecule has 228 valence electrons. The summed E-state index contributed by atoms with van der Waals surface area (Å²) < 4.78 is 6.57. The molecule has 6 rings (SSSR count). The Morgan fingerprint density at radius 2 is 1.66 bits per heavy atom. The van der Waals surface area contributed by atoms with Crippen LogP contribution in [0.2, 0.25) is 0 Å². The van der Waals surface area contributed by atoms with Gasteiger partial charge in [0.1, 0.15) is 17.6 Å². The molecule has 0 unspecified atom stereocenters. The first kappa shape index (κ1) is 29.7. The number of nitrogens with zero attached hydrogens (tertiary/aromatic N) is 5. The van der Waals surface area contributed by atoms with Crippen LogP contribution in [0.1, 0.15) is 66.9 Å². The molecule has 2 fully saturated rings. The summed E-state index contributed by atoms with van der Waals surface area (Å²) in [5.74, 6) is 1.65. The van der Waals surface area contributed by atoms with Crippen molar-refractivity contribution >= 4 is 17.6 Å². The van der Waals surface area contributed by atoms with Gasteiger partial charge in [0.25, 0.3) is 5.91 Å². The Morgan fingerprint density at radius 3 is 2.36 bits per heavy atom. The molecule has 8 nitrogen and oxygen atoms in total. The van der Waals surface area contributed by atoms with Crippen molar-refractivity contribution in [2.75, 3.05) is 44.2 Å². The van der Waals surface area contributed by atoms with Crippen molar-refractivity contribution in [3.63, 3.8) is 0 Å². The first-order chi connectivity index (χ1) is 21.4. The van der Waals surface area contributed by atoms with E-state index < -0.39 is 0 Å². The van der Waals surface area contributed by atoms with E-state index in [1.165, 1.54) is 0 Å². The summed E-state index contributed by atoms with van der Waals surface area (Å²) in [5, 5.41) is 9.32. The monoisotopic (exact) mass is 591 g/mol. The molecule has 3 aromatic rings. The summed E-state index contributed by atoms with van der Waals surface area (Å²) >= 11 is 0. The Balaban J connectivity index is 1.29. The summed E-state index contributed by atoms with van der Waals surface area (Å²) in [4.78, 5) is 38.1. The summed E-state index contributed by atoms with van der Waals surface area (Å²) in [6.07, 6.45) is 7.21. The number of hydrogen-bond acceptors (Lipinski definition) is 6. The summed E-state index contributed by atoms with van der Waals surface area (Å²) in [6, 6.07) is 23.5. The van der Waals surface area contributed by atoms with Gasteiger partial charge >= 0.3 is 0 Å². The van der Waals surface area contributed by atoms with Gasteiger partial charge in [-0.2, -0.15) is 5.26 Å². The number of benzene rings is 2. The van der Waals surface area contributed by atoms with Crippen LogP contribution in [0.4, 0.5) is 5.82 Å². The lowest BCUT2D eigenvalue weighted by molar-refractivity contribution is -0.139. The van der Waals surface area contributed by atoms with Gasteiger partial charge in [0.05, 0.1) is 17.7 Å². The zero-order valence-electron chi connectivity index (χ0n) is 25.6. The fraction of sp³-hybridized carbons (Fsp3) is 0.444. The molecule has 2 aromatic carbocycles. The minimum atomic E-state index is -0.161. The molecule has 8 heteroatoms. The Kier molecular flexibility index (Phi) is 8.56. The fourth-order valence-corrected chi connectivity index (χ4v) is 6.53. The number of ether oxygens (including phenoxy) is 1. The van der Waals surface area contributed by atoms with Gasteiger partial charge in [0, 0.05) is 56.3 Å². The normalized spacial score (nSPS) is 19.9. The number of carbonyl (C=O) groups excluding carboxylic acids is 2. The number of piperidine rings is 1. The largest absolute Gasteiger partial charge is 0.492 e. The molecule has 2 amide bonds. The number of aromatic nitrogens is 1. The zero-order chi connectivity index (χ0) is 30.6. The molecule has 3 aliphatic rings. The highest BCUT2D eigenvalue weighted by molar-refractivity contribution is 5.97. The molecule has 3 heterocycles. The van der Waals surface area contributed by atoms with E-state index in [1.807, 2.05) is 65.6 Å². The molecule has 0 atom stereocenters. The molecule has 0 radical (unpaired) electrons. The molecule has 1 aromatic heterocycles. The van der Waals surface area contributed by atoms with Crippen LogP contribution in [0.25, 0.3) is 0 Å². The van der Waals surface area contributed by atoms with Gasteiger partial charge < -0.3 is 19.4 Å². The topological polar surface area (TPSA) is 89.8 Å². The van der Waals surface area contributed by atoms with Gasteiger partial charge in [-0.25, -0.2) is 4.98 Å². The van der Waals surface area contributed by atoms with Crippen molar-refractivity contribution in [1.29, 1.82) is 5.26 Å². The second-order valence-electron chi connectivity index (χ2n) is 13.0.